The molecule has 0 spiro atoms. The molecule has 0 aliphatic carbocycles. The van der Waals surface area contributed by atoms with Gasteiger partial charge >= 0.3 is 5.69 Å². The highest BCUT2D eigenvalue weighted by Crippen LogP contribution is 2.32. The van der Waals surface area contributed by atoms with Crippen molar-refractivity contribution in [1.29, 1.82) is 0 Å². The minimum absolute atomic E-state index is 0.363. The van der Waals surface area contributed by atoms with Crippen molar-refractivity contribution in [3.63, 3.8) is 0 Å². The smallest absolute Gasteiger partial charge is 0.279 e. The van der Waals surface area contributed by atoms with Crippen LogP contribution >= 0.6 is 0 Å². The van der Waals surface area contributed by atoms with E-state index in [0.29, 0.717) is 16.9 Å². The Balaban J connectivity index is 1.83. The van der Waals surface area contributed by atoms with Crippen molar-refractivity contribution in [2.75, 3.05) is 0 Å². The predicted molar refractivity (Wildman–Crippen MR) is 130 cm³/mol. The van der Waals surface area contributed by atoms with Gasteiger partial charge in [0.05, 0.1) is 11.4 Å². The van der Waals surface area contributed by atoms with Crippen LogP contribution in [0.15, 0.2) is 82.5 Å². The molecule has 7 heteroatoms. The summed E-state index contributed by atoms with van der Waals surface area (Å²) < 4.78 is 6.41. The van der Waals surface area contributed by atoms with Crippen LogP contribution in [0.25, 0.3) is 44.7 Å². The zero-order valence-electron chi connectivity index (χ0n) is 18.5. The quantitative estimate of drug-likeness (QED) is 0.416. The number of benzene rings is 3. The summed E-state index contributed by atoms with van der Waals surface area (Å²) in [7, 11) is 3.13. The normalized spacial score (nSPS) is 11.7. The maximum Gasteiger partial charge on any atom is 0.332 e. The maximum atomic E-state index is 13.1. The lowest BCUT2D eigenvalue weighted by atomic mass is 10.1. The third-order valence-corrected chi connectivity index (χ3v) is 6.32. The maximum absolute atomic E-state index is 13.1. The Labute approximate surface area is 188 Å². The molecule has 6 aromatic rings. The Kier molecular flexibility index (Phi) is 3.98. The van der Waals surface area contributed by atoms with Gasteiger partial charge in [0.1, 0.15) is 0 Å². The highest BCUT2D eigenvalue weighted by atomic mass is 16.2. The van der Waals surface area contributed by atoms with Crippen LogP contribution in [0.5, 0.6) is 0 Å². The van der Waals surface area contributed by atoms with Gasteiger partial charge in [-0.3, -0.25) is 22.9 Å². The lowest BCUT2D eigenvalue weighted by molar-refractivity contribution is 0.708. The molecule has 0 unspecified atom stereocenters. The fourth-order valence-corrected chi connectivity index (χ4v) is 4.54. The molecule has 3 heterocycles. The van der Waals surface area contributed by atoms with E-state index in [1.807, 2.05) is 24.4 Å². The molecular weight excluding hydrogens is 414 g/mol. The zero-order valence-corrected chi connectivity index (χ0v) is 18.5. The van der Waals surface area contributed by atoms with Gasteiger partial charge in [0.25, 0.3) is 5.56 Å². The molecule has 0 aliphatic heterocycles. The van der Waals surface area contributed by atoms with Crippen LogP contribution in [-0.2, 0) is 14.1 Å². The Bertz CT molecular complexity index is 1830. The summed E-state index contributed by atoms with van der Waals surface area (Å²) in [5.74, 6) is 0.579. The first-order chi connectivity index (χ1) is 16.0. The van der Waals surface area contributed by atoms with Crippen LogP contribution in [0.3, 0.4) is 0 Å². The van der Waals surface area contributed by atoms with Crippen LogP contribution in [0.2, 0.25) is 0 Å². The second-order valence-corrected chi connectivity index (χ2v) is 8.37. The second kappa shape index (κ2) is 6.80. The molecule has 3 aromatic heterocycles. The first-order valence-electron chi connectivity index (χ1n) is 10.7. The van der Waals surface area contributed by atoms with Gasteiger partial charge in [-0.25, -0.2) is 4.79 Å². The molecule has 0 aliphatic rings. The Morgan fingerprint density at radius 2 is 1.55 bits per heavy atom. The van der Waals surface area contributed by atoms with Gasteiger partial charge in [-0.2, -0.15) is 4.98 Å². The molecule has 0 fully saturated rings. The SMILES string of the molecule is Cc1ccc(-c2cn3c4c(=O)n(C)c(=O)n(C)c4nc3n2-c2cccc3ccccc23)cc1. The topological polar surface area (TPSA) is 66.2 Å². The molecule has 0 atom stereocenters. The number of nitrogens with zero attached hydrogens (tertiary/aromatic N) is 5. The first-order valence-corrected chi connectivity index (χ1v) is 10.7. The van der Waals surface area contributed by atoms with Crippen LogP contribution in [-0.4, -0.2) is 23.1 Å². The Hall–Kier alpha value is -4.39. The lowest BCUT2D eigenvalue weighted by Gasteiger charge is -2.12. The van der Waals surface area contributed by atoms with Gasteiger partial charge in [-0.05, 0) is 18.4 Å². The first kappa shape index (κ1) is 19.3. The number of aromatic nitrogens is 5. The standard InChI is InChI=1S/C26H21N5O2/c1-16-11-13-18(14-12-16)21-15-30-22-23(28(2)26(33)29(3)24(22)32)27-25(30)31(21)20-10-6-8-17-7-4-5-9-19(17)20/h4-15H,1-3H3. The van der Waals surface area contributed by atoms with Gasteiger partial charge in [0.2, 0.25) is 5.78 Å². The fourth-order valence-electron chi connectivity index (χ4n) is 4.54. The van der Waals surface area contributed by atoms with Crippen molar-refractivity contribution in [1.82, 2.24) is 23.1 Å². The molecule has 7 nitrogen and oxygen atoms in total. The van der Waals surface area contributed by atoms with Gasteiger partial charge in [-0.1, -0.05) is 66.2 Å². The van der Waals surface area contributed by atoms with Crippen molar-refractivity contribution in [3.8, 4) is 16.9 Å². The summed E-state index contributed by atoms with van der Waals surface area (Å²) in [6.07, 6.45) is 1.93. The summed E-state index contributed by atoms with van der Waals surface area (Å²) in [6, 6.07) is 22.6. The average Bonchev–Trinajstić information content (AvgIpc) is 3.38. The number of fused-ring (bicyclic) bond motifs is 4. The predicted octanol–water partition coefficient (Wildman–Crippen LogP) is 3.80. The van der Waals surface area contributed by atoms with Gasteiger partial charge in [-0.15, -0.1) is 0 Å². The molecule has 0 saturated carbocycles. The molecule has 0 saturated heterocycles. The van der Waals surface area contributed by atoms with E-state index in [4.69, 9.17) is 4.98 Å². The summed E-state index contributed by atoms with van der Waals surface area (Å²) in [4.78, 5) is 30.4. The highest BCUT2D eigenvalue weighted by molar-refractivity contribution is 5.92. The zero-order chi connectivity index (χ0) is 22.9. The van der Waals surface area contributed by atoms with Gasteiger partial charge in [0.15, 0.2) is 11.2 Å². The highest BCUT2D eigenvalue weighted by Gasteiger charge is 2.22. The Morgan fingerprint density at radius 3 is 2.33 bits per heavy atom. The van der Waals surface area contributed by atoms with Gasteiger partial charge < -0.3 is 0 Å². The van der Waals surface area contributed by atoms with Crippen molar-refractivity contribution in [2.45, 2.75) is 6.92 Å². The van der Waals surface area contributed by atoms with E-state index in [9.17, 15) is 9.59 Å². The molecule has 3 aromatic carbocycles. The van der Waals surface area contributed by atoms with E-state index in [2.05, 4.69) is 60.0 Å². The third kappa shape index (κ3) is 2.65. The van der Waals surface area contributed by atoms with E-state index >= 15 is 0 Å². The van der Waals surface area contributed by atoms with Gasteiger partial charge in [0, 0.05) is 31.2 Å². The summed E-state index contributed by atoms with van der Waals surface area (Å²) in [5, 5.41) is 2.18. The number of aryl methyl sites for hydroxylation is 2. The van der Waals surface area contributed by atoms with Crippen molar-refractivity contribution >= 4 is 27.7 Å². The van der Waals surface area contributed by atoms with E-state index < -0.39 is 5.69 Å². The number of imidazole rings is 2. The molecule has 0 N–H and O–H groups in total. The minimum atomic E-state index is -0.399. The minimum Gasteiger partial charge on any atom is -0.279 e. The molecule has 0 amide bonds. The summed E-state index contributed by atoms with van der Waals surface area (Å²) in [5.41, 5.74) is 4.01. The van der Waals surface area contributed by atoms with Crippen molar-refractivity contribution < 1.29 is 0 Å². The average molecular weight is 435 g/mol. The lowest BCUT2D eigenvalue weighted by Crippen LogP contribution is -2.37. The van der Waals surface area contributed by atoms with Crippen molar-refractivity contribution in [2.24, 2.45) is 14.1 Å². The summed E-state index contributed by atoms with van der Waals surface area (Å²) >= 11 is 0. The number of hydrogen-bond donors (Lipinski definition) is 0. The fraction of sp³-hybridized carbons (Fsp3) is 0.115. The number of hydrogen-bond acceptors (Lipinski definition) is 3. The van der Waals surface area contributed by atoms with Crippen LogP contribution < -0.4 is 11.2 Å². The largest absolute Gasteiger partial charge is 0.332 e. The molecule has 0 bridgehead atoms. The summed E-state index contributed by atoms with van der Waals surface area (Å²) in [6.45, 7) is 2.05. The van der Waals surface area contributed by atoms with E-state index in [0.717, 1.165) is 32.3 Å². The van der Waals surface area contributed by atoms with E-state index in [-0.39, 0.29) is 5.56 Å². The molecule has 0 radical (unpaired) electrons. The van der Waals surface area contributed by atoms with E-state index in [1.54, 1.807) is 11.4 Å². The van der Waals surface area contributed by atoms with Crippen LogP contribution in [0.1, 0.15) is 5.56 Å². The van der Waals surface area contributed by atoms with Crippen LogP contribution in [0.4, 0.5) is 0 Å². The molecule has 6 rings (SSSR count). The molecule has 33 heavy (non-hydrogen) atoms. The molecule has 162 valence electrons. The molecular formula is C26H21N5O2. The van der Waals surface area contributed by atoms with Crippen LogP contribution in [0, 0.1) is 6.92 Å². The second-order valence-electron chi connectivity index (χ2n) is 8.37. The number of rotatable bonds is 2. The third-order valence-electron chi connectivity index (χ3n) is 6.32. The van der Waals surface area contributed by atoms with Crippen molar-refractivity contribution in [3.05, 3.63) is 99.3 Å². The Morgan fingerprint density at radius 1 is 0.818 bits per heavy atom. The monoisotopic (exact) mass is 435 g/mol. The van der Waals surface area contributed by atoms with E-state index in [1.165, 1.54) is 17.2 Å².